The topological polar surface area (TPSA) is 75.6 Å². The number of aryl methyl sites for hydroxylation is 2. The number of ether oxygens (including phenoxy) is 1. The van der Waals surface area contributed by atoms with Gasteiger partial charge in [0.25, 0.3) is 0 Å². The van der Waals surface area contributed by atoms with Crippen molar-refractivity contribution in [1.82, 2.24) is 0 Å². The molecule has 126 valence electrons. The van der Waals surface area contributed by atoms with Crippen LogP contribution in [0.1, 0.15) is 24.5 Å². The lowest BCUT2D eigenvalue weighted by Gasteiger charge is -2.08. The number of amides is 1. The summed E-state index contributed by atoms with van der Waals surface area (Å²) in [5, 5.41) is 11.4. The summed E-state index contributed by atoms with van der Waals surface area (Å²) in [5.41, 5.74) is 2.99. The van der Waals surface area contributed by atoms with E-state index in [-0.39, 0.29) is 5.91 Å². The second kappa shape index (κ2) is 8.72. The molecule has 0 bridgehead atoms. The average Bonchev–Trinajstić information content (AvgIpc) is 2.59. The number of rotatable bonds is 8. The van der Waals surface area contributed by atoms with Crippen LogP contribution in [0.25, 0.3) is 0 Å². The van der Waals surface area contributed by atoms with Gasteiger partial charge in [-0.25, -0.2) is 4.79 Å². The number of carboxylic acid groups (broad SMARTS) is 1. The third-order valence-electron chi connectivity index (χ3n) is 3.55. The van der Waals surface area contributed by atoms with E-state index in [0.717, 1.165) is 12.0 Å². The second-order valence-electron chi connectivity index (χ2n) is 5.43. The van der Waals surface area contributed by atoms with Crippen molar-refractivity contribution in [3.8, 4) is 5.75 Å². The molecule has 0 aliphatic rings. The summed E-state index contributed by atoms with van der Waals surface area (Å²) in [4.78, 5) is 22.5. The van der Waals surface area contributed by atoms with Crippen LogP contribution >= 0.6 is 0 Å². The fraction of sp³-hybridized carbons (Fsp3) is 0.263. The molecule has 0 saturated heterocycles. The summed E-state index contributed by atoms with van der Waals surface area (Å²) in [5.74, 6) is -0.728. The van der Waals surface area contributed by atoms with Gasteiger partial charge < -0.3 is 15.2 Å². The molecule has 0 aromatic heterocycles. The van der Waals surface area contributed by atoms with Gasteiger partial charge in [0.1, 0.15) is 5.75 Å². The molecule has 2 aromatic carbocycles. The highest BCUT2D eigenvalue weighted by Gasteiger charge is 2.05. The highest BCUT2D eigenvalue weighted by atomic mass is 16.5. The first-order valence-electron chi connectivity index (χ1n) is 7.89. The molecule has 0 radical (unpaired) electrons. The van der Waals surface area contributed by atoms with Gasteiger partial charge in [-0.3, -0.25) is 4.79 Å². The van der Waals surface area contributed by atoms with E-state index < -0.39 is 12.6 Å². The SMILES string of the molecule is CCc1ccc(CCC(=O)Nc2cccc(OCC(=O)O)c2)cc1. The molecule has 0 aliphatic carbocycles. The van der Waals surface area contributed by atoms with Gasteiger partial charge >= 0.3 is 5.97 Å². The molecule has 0 heterocycles. The van der Waals surface area contributed by atoms with E-state index in [1.807, 2.05) is 12.1 Å². The quantitative estimate of drug-likeness (QED) is 0.780. The summed E-state index contributed by atoms with van der Waals surface area (Å²) in [6.45, 7) is 1.70. The maximum Gasteiger partial charge on any atom is 0.341 e. The van der Waals surface area contributed by atoms with Gasteiger partial charge in [0, 0.05) is 18.2 Å². The lowest BCUT2D eigenvalue weighted by atomic mass is 10.1. The van der Waals surface area contributed by atoms with Crippen molar-refractivity contribution >= 4 is 17.6 Å². The molecule has 0 spiro atoms. The van der Waals surface area contributed by atoms with Crippen LogP contribution in [0.15, 0.2) is 48.5 Å². The predicted molar refractivity (Wildman–Crippen MR) is 92.3 cm³/mol. The number of aliphatic carboxylic acids is 1. The van der Waals surface area contributed by atoms with Gasteiger partial charge in [-0.15, -0.1) is 0 Å². The molecule has 2 N–H and O–H groups in total. The minimum atomic E-state index is -1.04. The number of carbonyl (C=O) groups is 2. The predicted octanol–water partition coefficient (Wildman–Crippen LogP) is 3.28. The minimum absolute atomic E-state index is 0.0926. The Bertz CT molecular complexity index is 695. The Hall–Kier alpha value is -2.82. The number of carbonyl (C=O) groups excluding carboxylic acids is 1. The largest absolute Gasteiger partial charge is 0.482 e. The Morgan fingerprint density at radius 2 is 1.79 bits per heavy atom. The second-order valence-corrected chi connectivity index (χ2v) is 5.43. The van der Waals surface area contributed by atoms with E-state index in [4.69, 9.17) is 9.84 Å². The van der Waals surface area contributed by atoms with Crippen molar-refractivity contribution < 1.29 is 19.4 Å². The Labute approximate surface area is 141 Å². The smallest absolute Gasteiger partial charge is 0.341 e. The van der Waals surface area contributed by atoms with Crippen molar-refractivity contribution in [2.45, 2.75) is 26.2 Å². The highest BCUT2D eigenvalue weighted by Crippen LogP contribution is 2.18. The van der Waals surface area contributed by atoms with Crippen LogP contribution in [-0.4, -0.2) is 23.6 Å². The van der Waals surface area contributed by atoms with Crippen LogP contribution < -0.4 is 10.1 Å². The zero-order chi connectivity index (χ0) is 17.4. The first-order valence-corrected chi connectivity index (χ1v) is 7.89. The molecule has 5 heteroatoms. The van der Waals surface area contributed by atoms with Crippen molar-refractivity contribution in [3.05, 3.63) is 59.7 Å². The first-order chi connectivity index (χ1) is 11.6. The van der Waals surface area contributed by atoms with E-state index in [2.05, 4.69) is 24.4 Å². The molecular formula is C19H21NO4. The molecular weight excluding hydrogens is 306 g/mol. The van der Waals surface area contributed by atoms with Crippen LogP contribution in [0.5, 0.6) is 5.75 Å². The Kier molecular flexibility index (Phi) is 6.37. The molecule has 5 nitrogen and oxygen atoms in total. The molecule has 0 atom stereocenters. The normalized spacial score (nSPS) is 10.2. The van der Waals surface area contributed by atoms with Gasteiger partial charge in [-0.1, -0.05) is 37.3 Å². The Balaban J connectivity index is 1.85. The lowest BCUT2D eigenvalue weighted by Crippen LogP contribution is -2.13. The van der Waals surface area contributed by atoms with Crippen molar-refractivity contribution in [2.24, 2.45) is 0 Å². The lowest BCUT2D eigenvalue weighted by molar-refractivity contribution is -0.139. The third kappa shape index (κ3) is 5.76. The summed E-state index contributed by atoms with van der Waals surface area (Å²) in [7, 11) is 0. The van der Waals surface area contributed by atoms with Crippen molar-refractivity contribution in [2.75, 3.05) is 11.9 Å². The molecule has 0 aliphatic heterocycles. The summed E-state index contributed by atoms with van der Waals surface area (Å²) >= 11 is 0. The van der Waals surface area contributed by atoms with Gasteiger partial charge in [0.2, 0.25) is 5.91 Å². The molecule has 2 aromatic rings. The highest BCUT2D eigenvalue weighted by molar-refractivity contribution is 5.91. The van der Waals surface area contributed by atoms with Crippen LogP contribution in [0, 0.1) is 0 Å². The van der Waals surface area contributed by atoms with Crippen LogP contribution in [0.3, 0.4) is 0 Å². The van der Waals surface area contributed by atoms with Crippen molar-refractivity contribution in [3.63, 3.8) is 0 Å². The maximum atomic E-state index is 12.0. The number of benzene rings is 2. The summed E-state index contributed by atoms with van der Waals surface area (Å²) in [6.07, 6.45) is 2.05. The van der Waals surface area contributed by atoms with E-state index in [1.165, 1.54) is 5.56 Å². The van der Waals surface area contributed by atoms with E-state index in [1.54, 1.807) is 24.3 Å². The molecule has 0 unspecified atom stereocenters. The molecule has 24 heavy (non-hydrogen) atoms. The maximum absolute atomic E-state index is 12.0. The van der Waals surface area contributed by atoms with E-state index in [0.29, 0.717) is 24.3 Å². The Morgan fingerprint density at radius 3 is 2.46 bits per heavy atom. The zero-order valence-corrected chi connectivity index (χ0v) is 13.6. The number of anilines is 1. The van der Waals surface area contributed by atoms with E-state index >= 15 is 0 Å². The Morgan fingerprint density at radius 1 is 1.08 bits per heavy atom. The minimum Gasteiger partial charge on any atom is -0.482 e. The fourth-order valence-electron chi connectivity index (χ4n) is 2.23. The van der Waals surface area contributed by atoms with E-state index in [9.17, 15) is 9.59 Å². The standard InChI is InChI=1S/C19H21NO4/c1-2-14-6-8-15(9-7-14)10-11-18(21)20-16-4-3-5-17(12-16)24-13-19(22)23/h3-9,12H,2,10-11,13H2,1H3,(H,20,21)(H,22,23). The van der Waals surface area contributed by atoms with Gasteiger partial charge in [-0.2, -0.15) is 0 Å². The molecule has 0 fully saturated rings. The molecule has 1 amide bonds. The number of carboxylic acids is 1. The monoisotopic (exact) mass is 327 g/mol. The van der Waals surface area contributed by atoms with Crippen LogP contribution in [0.2, 0.25) is 0 Å². The summed E-state index contributed by atoms with van der Waals surface area (Å²) < 4.78 is 5.09. The van der Waals surface area contributed by atoms with Gasteiger partial charge in [-0.05, 0) is 36.1 Å². The number of hydrogen-bond donors (Lipinski definition) is 2. The fourth-order valence-corrected chi connectivity index (χ4v) is 2.23. The van der Waals surface area contributed by atoms with Gasteiger partial charge in [0.15, 0.2) is 6.61 Å². The number of hydrogen-bond acceptors (Lipinski definition) is 3. The van der Waals surface area contributed by atoms with Crippen LogP contribution in [-0.2, 0) is 22.4 Å². The van der Waals surface area contributed by atoms with Gasteiger partial charge in [0.05, 0.1) is 0 Å². The first kappa shape index (κ1) is 17.5. The molecule has 0 saturated carbocycles. The third-order valence-corrected chi connectivity index (χ3v) is 3.55. The molecule has 2 rings (SSSR count). The van der Waals surface area contributed by atoms with Crippen molar-refractivity contribution in [1.29, 1.82) is 0 Å². The zero-order valence-electron chi connectivity index (χ0n) is 13.6. The summed E-state index contributed by atoms with van der Waals surface area (Å²) in [6, 6.07) is 15.0. The number of nitrogens with one attached hydrogen (secondary N) is 1. The van der Waals surface area contributed by atoms with Crippen LogP contribution in [0.4, 0.5) is 5.69 Å². The average molecular weight is 327 g/mol.